The van der Waals surface area contributed by atoms with Gasteiger partial charge in [-0.1, -0.05) is 76.6 Å². The summed E-state index contributed by atoms with van der Waals surface area (Å²) in [5, 5.41) is 21.3. The molecule has 0 aliphatic carbocycles. The summed E-state index contributed by atoms with van der Waals surface area (Å²) in [6.07, 6.45) is 0.667. The van der Waals surface area contributed by atoms with E-state index in [2.05, 4.69) is 37.4 Å². The van der Waals surface area contributed by atoms with Gasteiger partial charge in [-0.05, 0) is 112 Å². The lowest BCUT2D eigenvalue weighted by Crippen LogP contribution is -2.57. The molecule has 0 spiro atoms. The summed E-state index contributed by atoms with van der Waals surface area (Å²) >= 11 is 0. The molecule has 5 atom stereocenters. The van der Waals surface area contributed by atoms with Crippen LogP contribution in [0.2, 0.25) is 0 Å². The number of aliphatic carboxylic acids is 1. The van der Waals surface area contributed by atoms with Crippen molar-refractivity contribution in [2.45, 2.75) is 161 Å². The summed E-state index contributed by atoms with van der Waals surface area (Å²) in [7, 11) is 0. The Morgan fingerprint density at radius 2 is 1.37 bits per heavy atom. The van der Waals surface area contributed by atoms with Crippen LogP contribution in [0, 0.1) is 11.8 Å². The van der Waals surface area contributed by atoms with Gasteiger partial charge in [-0.25, -0.2) is 4.79 Å². The Morgan fingerprint density at radius 1 is 0.734 bits per heavy atom. The number of alkyl halides is 3. The van der Waals surface area contributed by atoms with Crippen LogP contribution in [0.25, 0.3) is 0 Å². The number of hydrogen-bond acceptors (Lipinski definition) is 12. The summed E-state index contributed by atoms with van der Waals surface area (Å²) in [6, 6.07) is 11.4. The third-order valence-corrected chi connectivity index (χ3v) is 12.4. The van der Waals surface area contributed by atoms with Crippen molar-refractivity contribution in [1.82, 2.24) is 41.9 Å². The fourth-order valence-electron chi connectivity index (χ4n) is 8.36. The van der Waals surface area contributed by atoms with Crippen LogP contribution in [0.5, 0.6) is 0 Å². The van der Waals surface area contributed by atoms with Gasteiger partial charge in [-0.15, -0.1) is 0 Å². The zero-order valence-electron chi connectivity index (χ0n) is 46.2. The number of unbranched alkanes of at least 4 members (excludes halogenated alkanes) is 3. The largest absolute Gasteiger partial charge is 0.490 e. The maximum atomic E-state index is 14.3. The van der Waals surface area contributed by atoms with E-state index in [9.17, 15) is 56.3 Å². The van der Waals surface area contributed by atoms with Crippen LogP contribution in [0.1, 0.15) is 123 Å². The normalized spacial score (nSPS) is 14.5. The second kappa shape index (κ2) is 35.4. The zero-order chi connectivity index (χ0) is 59.2. The summed E-state index contributed by atoms with van der Waals surface area (Å²) in [6.45, 7) is 11.6. The molecule has 79 heavy (non-hydrogen) atoms. The number of aryl methyl sites for hydroxylation is 1. The standard InChI is InChI=1S/C52H81N11O9.C2HF3O2/c1-34(2)30-43(50(70)56-40-23-20-39(21-24-40)32-41(54)48(68)61-60-46(66)19-11-8-13-27-55-36(5)64)58-49(69)42(25-22-38-16-9-7-10-17-38)57-47(67)33-62(28-14-12-26-53)52(72)44(31-35(3)4)59-51(71)45-18-15-29-63(45)37(6)65;3-2(4,5)1(6)7/h7,9-10,16-17,20-21,23-24,34-35,41-45H,8,11-15,18-19,22,25-33,53-54H2,1-6H3,(H,55,64)(H,56,70)(H,57,67)(H,58,69)(H,59,71)(H,60,66)(H,61,68);(H,6,7)/t41-,42+,43+,44+,45+;/m1./s1. The Morgan fingerprint density at radius 3 is 1.95 bits per heavy atom. The number of hydrazine groups is 1. The monoisotopic (exact) mass is 1120 g/mol. The molecule has 0 aromatic heterocycles. The number of carbonyl (C=O) groups is 10. The van der Waals surface area contributed by atoms with E-state index < -0.39 is 84.3 Å². The molecule has 1 saturated heterocycles. The lowest BCUT2D eigenvalue weighted by atomic mass is 10.0. The number of nitrogens with two attached hydrogens (primary N) is 2. The highest BCUT2D eigenvalue weighted by Crippen LogP contribution is 2.20. The molecular formula is C54H82F3N11O11. The number of halogens is 3. The number of hydrogen-bond donors (Lipinski definition) is 10. The van der Waals surface area contributed by atoms with Gasteiger partial charge in [0.15, 0.2) is 0 Å². The minimum atomic E-state index is -5.08. The smallest absolute Gasteiger partial charge is 0.475 e. The lowest BCUT2D eigenvalue weighted by Gasteiger charge is -2.31. The molecule has 0 bridgehead atoms. The van der Waals surface area contributed by atoms with E-state index in [1.165, 1.54) is 23.6 Å². The molecule has 2 aromatic carbocycles. The number of benzene rings is 2. The van der Waals surface area contributed by atoms with Crippen LogP contribution < -0.4 is 48.9 Å². The third kappa shape index (κ3) is 27.3. The number of likely N-dealkylation sites (tertiary alicyclic amines) is 1. The first-order chi connectivity index (χ1) is 37.2. The predicted molar refractivity (Wildman–Crippen MR) is 289 cm³/mol. The van der Waals surface area contributed by atoms with Crippen molar-refractivity contribution in [3.8, 4) is 0 Å². The number of nitrogens with one attached hydrogen (secondary N) is 7. The van der Waals surface area contributed by atoms with E-state index in [0.717, 1.165) is 18.4 Å². The SMILES string of the molecule is CC(=O)NCCCCCC(=O)NNC(=O)[C@H](N)Cc1ccc(NC(=O)[C@H](CC(C)C)NC(=O)[C@H](CCc2ccccc2)NC(=O)CN(CCCCN)C(=O)[C@H](CC(C)C)NC(=O)[C@@H]2CCCN2C(C)=O)cc1.O=C(O)C(F)(F)F. The summed E-state index contributed by atoms with van der Waals surface area (Å²) in [5.41, 5.74) is 18.7. The molecule has 3 rings (SSSR count). The molecule has 0 unspecified atom stereocenters. The van der Waals surface area contributed by atoms with E-state index >= 15 is 0 Å². The van der Waals surface area contributed by atoms with Crippen LogP contribution in [0.15, 0.2) is 54.6 Å². The van der Waals surface area contributed by atoms with Gasteiger partial charge < -0.3 is 53.0 Å². The second-order valence-electron chi connectivity index (χ2n) is 20.3. The van der Waals surface area contributed by atoms with Crippen molar-refractivity contribution >= 4 is 64.8 Å². The minimum Gasteiger partial charge on any atom is -0.475 e. The first-order valence-electron chi connectivity index (χ1n) is 26.7. The fourth-order valence-corrected chi connectivity index (χ4v) is 8.36. The average molecular weight is 1120 g/mol. The number of carbonyl (C=O) groups excluding carboxylic acids is 9. The van der Waals surface area contributed by atoms with Gasteiger partial charge in [0, 0.05) is 45.6 Å². The molecule has 0 saturated carbocycles. The zero-order valence-corrected chi connectivity index (χ0v) is 46.2. The van der Waals surface area contributed by atoms with Crippen molar-refractivity contribution in [3.05, 3.63) is 65.7 Å². The van der Waals surface area contributed by atoms with E-state index in [0.29, 0.717) is 75.8 Å². The highest BCUT2D eigenvalue weighted by Gasteiger charge is 2.39. The maximum Gasteiger partial charge on any atom is 0.490 e. The van der Waals surface area contributed by atoms with Gasteiger partial charge in [0.1, 0.15) is 24.2 Å². The average Bonchev–Trinajstić information content (AvgIpc) is 3.90. The van der Waals surface area contributed by atoms with Crippen molar-refractivity contribution in [3.63, 3.8) is 0 Å². The molecule has 440 valence electrons. The minimum absolute atomic E-state index is 0.00378. The van der Waals surface area contributed by atoms with Crippen molar-refractivity contribution in [1.29, 1.82) is 0 Å². The summed E-state index contributed by atoms with van der Waals surface area (Å²) in [5.74, 6) is -6.62. The van der Waals surface area contributed by atoms with E-state index in [1.54, 1.807) is 24.3 Å². The molecule has 2 aromatic rings. The molecule has 9 amide bonds. The van der Waals surface area contributed by atoms with E-state index in [1.807, 2.05) is 58.0 Å². The van der Waals surface area contributed by atoms with E-state index in [-0.39, 0.29) is 61.8 Å². The topological polar surface area (TPSA) is 334 Å². The quantitative estimate of drug-likeness (QED) is 0.0398. The predicted octanol–water partition coefficient (Wildman–Crippen LogP) is 2.73. The van der Waals surface area contributed by atoms with E-state index in [4.69, 9.17) is 21.4 Å². The molecule has 12 N–H and O–H groups in total. The summed E-state index contributed by atoms with van der Waals surface area (Å²) in [4.78, 5) is 130. The number of rotatable bonds is 30. The highest BCUT2D eigenvalue weighted by molar-refractivity contribution is 5.99. The molecular weight excluding hydrogens is 1040 g/mol. The molecule has 1 fully saturated rings. The van der Waals surface area contributed by atoms with Gasteiger partial charge >= 0.3 is 12.1 Å². The number of nitrogens with zero attached hydrogens (tertiary/aromatic N) is 2. The fraction of sp³-hybridized carbons (Fsp3) is 0.593. The van der Waals surface area contributed by atoms with Gasteiger partial charge in [-0.2, -0.15) is 13.2 Å². The molecule has 0 radical (unpaired) electrons. The lowest BCUT2D eigenvalue weighted by molar-refractivity contribution is -0.192. The Balaban J connectivity index is 0.00000284. The summed E-state index contributed by atoms with van der Waals surface area (Å²) < 4.78 is 31.7. The molecule has 1 aliphatic heterocycles. The van der Waals surface area contributed by atoms with Gasteiger partial charge in [-0.3, -0.25) is 54.0 Å². The first kappa shape index (κ1) is 68.0. The van der Waals surface area contributed by atoms with Crippen molar-refractivity contribution in [2.75, 3.05) is 38.0 Å². The molecule has 1 aliphatic rings. The molecule has 1 heterocycles. The van der Waals surface area contributed by atoms with Crippen LogP contribution in [0.3, 0.4) is 0 Å². The van der Waals surface area contributed by atoms with Crippen LogP contribution in [0.4, 0.5) is 18.9 Å². The Labute approximate surface area is 460 Å². The number of amides is 9. The maximum absolute atomic E-state index is 14.3. The van der Waals surface area contributed by atoms with Crippen molar-refractivity contribution in [2.24, 2.45) is 23.3 Å². The van der Waals surface area contributed by atoms with Gasteiger partial charge in [0.05, 0.1) is 12.6 Å². The molecule has 25 heteroatoms. The Hall–Kier alpha value is -7.15. The molecule has 22 nitrogen and oxygen atoms in total. The van der Waals surface area contributed by atoms with Gasteiger partial charge in [0.25, 0.3) is 5.91 Å². The second-order valence-corrected chi connectivity index (χ2v) is 20.3. The number of carboxylic acids is 1. The van der Waals surface area contributed by atoms with Crippen LogP contribution in [-0.2, 0) is 60.8 Å². The first-order valence-corrected chi connectivity index (χ1v) is 26.7. The van der Waals surface area contributed by atoms with Crippen LogP contribution >= 0.6 is 0 Å². The van der Waals surface area contributed by atoms with Crippen molar-refractivity contribution < 1.29 is 66.2 Å². The third-order valence-electron chi connectivity index (χ3n) is 12.4. The highest BCUT2D eigenvalue weighted by atomic mass is 19.4. The number of carboxylic acid groups (broad SMARTS) is 1. The Bertz CT molecular complexity index is 2310. The Kier molecular flexibility index (Phi) is 30.4. The van der Waals surface area contributed by atoms with Gasteiger partial charge in [0.2, 0.25) is 47.3 Å². The number of anilines is 1. The van der Waals surface area contributed by atoms with Crippen LogP contribution in [-0.4, -0.2) is 143 Å².